The first-order chi connectivity index (χ1) is 15.9. The first-order valence-electron chi connectivity index (χ1n) is 9.92. The Labute approximate surface area is 203 Å². The van der Waals surface area contributed by atoms with Crippen LogP contribution in [0, 0.1) is 0 Å². The van der Waals surface area contributed by atoms with Crippen molar-refractivity contribution >= 4 is 56.9 Å². The van der Waals surface area contributed by atoms with E-state index in [1.165, 1.54) is 11.1 Å². The Morgan fingerprint density at radius 1 is 1.24 bits per heavy atom. The number of amides is 1. The molecule has 1 aliphatic rings. The summed E-state index contributed by atoms with van der Waals surface area (Å²) in [6, 6.07) is 15.8. The second-order valence-electron chi connectivity index (χ2n) is 7.12. The first kappa shape index (κ1) is 22.8. The third-order valence-corrected chi connectivity index (χ3v) is 5.65. The van der Waals surface area contributed by atoms with E-state index in [9.17, 15) is 9.59 Å². The molecule has 0 fully saturated rings. The van der Waals surface area contributed by atoms with E-state index in [4.69, 9.17) is 20.8 Å². The molecular formula is C25H18BrClN2O4. The zero-order valence-electron chi connectivity index (χ0n) is 17.5. The van der Waals surface area contributed by atoms with Gasteiger partial charge >= 0.3 is 5.97 Å². The van der Waals surface area contributed by atoms with Crippen LogP contribution in [0.3, 0.4) is 0 Å². The van der Waals surface area contributed by atoms with E-state index in [1.54, 1.807) is 43.3 Å². The van der Waals surface area contributed by atoms with E-state index < -0.39 is 5.97 Å². The smallest absolute Gasteiger partial charge is 0.339 e. The van der Waals surface area contributed by atoms with Crippen LogP contribution in [-0.2, 0) is 9.53 Å². The number of halogens is 2. The van der Waals surface area contributed by atoms with Crippen LogP contribution >= 0.6 is 27.5 Å². The van der Waals surface area contributed by atoms with Crippen LogP contribution in [-0.4, -0.2) is 24.2 Å². The maximum Gasteiger partial charge on any atom is 0.339 e. The molecule has 0 unspecified atom stereocenters. The van der Waals surface area contributed by atoms with Crippen molar-refractivity contribution in [2.45, 2.75) is 6.92 Å². The molecule has 0 N–H and O–H groups in total. The molecule has 0 atom stereocenters. The van der Waals surface area contributed by atoms with Gasteiger partial charge in [0.1, 0.15) is 18.1 Å². The van der Waals surface area contributed by atoms with Gasteiger partial charge in [-0.15, -0.1) is 0 Å². The SMILES string of the molecule is C=CCOC(=O)c1cc(-c2ccc(C=C3C(=O)N(c4cccc(Br)c4)N=C3C)o2)ccc1Cl. The molecule has 0 saturated carbocycles. The predicted octanol–water partition coefficient (Wildman–Crippen LogP) is 6.51. The molecule has 0 bridgehead atoms. The van der Waals surface area contributed by atoms with Crippen LogP contribution in [0.4, 0.5) is 5.69 Å². The van der Waals surface area contributed by atoms with E-state index in [1.807, 2.05) is 24.3 Å². The van der Waals surface area contributed by atoms with Gasteiger partial charge in [0.05, 0.1) is 27.6 Å². The molecule has 33 heavy (non-hydrogen) atoms. The molecule has 0 radical (unpaired) electrons. The number of hydrazone groups is 1. The first-order valence-corrected chi connectivity index (χ1v) is 11.1. The highest BCUT2D eigenvalue weighted by atomic mass is 79.9. The highest BCUT2D eigenvalue weighted by Gasteiger charge is 2.29. The third-order valence-electron chi connectivity index (χ3n) is 4.83. The average Bonchev–Trinajstić information content (AvgIpc) is 3.38. The molecule has 166 valence electrons. The van der Waals surface area contributed by atoms with Crippen LogP contribution < -0.4 is 5.01 Å². The predicted molar refractivity (Wildman–Crippen MR) is 132 cm³/mol. The lowest BCUT2D eigenvalue weighted by molar-refractivity contribution is -0.114. The van der Waals surface area contributed by atoms with Gasteiger partial charge in [0.2, 0.25) is 0 Å². The Balaban J connectivity index is 1.59. The largest absolute Gasteiger partial charge is 0.458 e. The summed E-state index contributed by atoms with van der Waals surface area (Å²) in [6.45, 7) is 5.38. The van der Waals surface area contributed by atoms with E-state index >= 15 is 0 Å². The van der Waals surface area contributed by atoms with Crippen molar-refractivity contribution in [3.05, 3.63) is 93.6 Å². The molecule has 0 saturated heterocycles. The van der Waals surface area contributed by atoms with Crippen molar-refractivity contribution < 1.29 is 18.7 Å². The van der Waals surface area contributed by atoms with Crippen molar-refractivity contribution in [1.29, 1.82) is 0 Å². The fourth-order valence-corrected chi connectivity index (χ4v) is 3.82. The monoisotopic (exact) mass is 524 g/mol. The van der Waals surface area contributed by atoms with Gasteiger partial charge in [0, 0.05) is 10.0 Å². The summed E-state index contributed by atoms with van der Waals surface area (Å²) in [4.78, 5) is 25.2. The summed E-state index contributed by atoms with van der Waals surface area (Å²) in [5.74, 6) is 0.193. The Bertz CT molecular complexity index is 1330. The summed E-state index contributed by atoms with van der Waals surface area (Å²) in [7, 11) is 0. The number of nitrogens with zero attached hydrogens (tertiary/aromatic N) is 2. The average molecular weight is 526 g/mol. The number of furan rings is 1. The Hall–Kier alpha value is -3.42. The number of rotatable bonds is 6. The van der Waals surface area contributed by atoms with E-state index in [0.717, 1.165) is 4.47 Å². The number of anilines is 1. The molecule has 4 rings (SSSR count). The minimum atomic E-state index is -0.549. The lowest BCUT2D eigenvalue weighted by Crippen LogP contribution is -2.21. The third kappa shape index (κ3) is 4.84. The Morgan fingerprint density at radius 3 is 2.82 bits per heavy atom. The fourth-order valence-electron chi connectivity index (χ4n) is 3.24. The number of hydrogen-bond donors (Lipinski definition) is 0. The van der Waals surface area contributed by atoms with Gasteiger partial charge < -0.3 is 9.15 Å². The molecule has 1 amide bonds. The number of carbonyl (C=O) groups excluding carboxylic acids is 2. The second kappa shape index (κ2) is 9.60. The summed E-state index contributed by atoms with van der Waals surface area (Å²) in [5.41, 5.74) is 2.55. The van der Waals surface area contributed by atoms with Gasteiger partial charge in [-0.25, -0.2) is 4.79 Å². The quantitative estimate of drug-likeness (QED) is 0.209. The van der Waals surface area contributed by atoms with Crippen LogP contribution in [0.2, 0.25) is 5.02 Å². The lowest BCUT2D eigenvalue weighted by Gasteiger charge is -2.11. The highest BCUT2D eigenvalue weighted by molar-refractivity contribution is 9.10. The molecule has 0 spiro atoms. The molecule has 6 nitrogen and oxygen atoms in total. The van der Waals surface area contributed by atoms with Crippen LogP contribution in [0.25, 0.3) is 17.4 Å². The molecule has 1 aromatic heterocycles. The van der Waals surface area contributed by atoms with Gasteiger partial charge in [-0.3, -0.25) is 4.79 Å². The molecule has 0 aliphatic carbocycles. The summed E-state index contributed by atoms with van der Waals surface area (Å²) in [5, 5.41) is 6.02. The van der Waals surface area contributed by atoms with Gasteiger partial charge in [-0.2, -0.15) is 10.1 Å². The maximum absolute atomic E-state index is 13.0. The Kier molecular flexibility index (Phi) is 6.62. The van der Waals surface area contributed by atoms with Crippen molar-refractivity contribution in [2.75, 3.05) is 11.6 Å². The van der Waals surface area contributed by atoms with Crippen LogP contribution in [0.15, 0.2) is 86.8 Å². The fraction of sp³-hybridized carbons (Fsp3) is 0.0800. The molecule has 1 aliphatic heterocycles. The number of hydrogen-bond acceptors (Lipinski definition) is 5. The van der Waals surface area contributed by atoms with Crippen LogP contribution in [0.1, 0.15) is 23.0 Å². The number of esters is 1. The van der Waals surface area contributed by atoms with Gasteiger partial charge in [0.25, 0.3) is 5.91 Å². The number of benzene rings is 2. The number of carbonyl (C=O) groups is 2. The lowest BCUT2D eigenvalue weighted by atomic mass is 10.1. The normalized spacial score (nSPS) is 14.5. The van der Waals surface area contributed by atoms with E-state index in [-0.39, 0.29) is 23.1 Å². The summed E-state index contributed by atoms with van der Waals surface area (Å²) >= 11 is 9.57. The molecule has 2 heterocycles. The number of ether oxygens (including phenoxy) is 1. The maximum atomic E-state index is 13.0. The zero-order valence-corrected chi connectivity index (χ0v) is 19.9. The van der Waals surface area contributed by atoms with E-state index in [2.05, 4.69) is 27.6 Å². The van der Waals surface area contributed by atoms with Gasteiger partial charge in [0.15, 0.2) is 0 Å². The minimum absolute atomic E-state index is 0.0870. The standard InChI is InChI=1S/C25H18BrClN2O4/c1-3-11-32-25(31)21-12-16(7-9-22(21)27)23-10-8-19(33-23)14-20-15(2)28-29(24(20)30)18-6-4-5-17(26)13-18/h3-10,12-14H,1,11H2,2H3. The van der Waals surface area contributed by atoms with Gasteiger partial charge in [-0.1, -0.05) is 46.3 Å². The Morgan fingerprint density at radius 2 is 2.06 bits per heavy atom. The molecule has 2 aromatic carbocycles. The summed E-state index contributed by atoms with van der Waals surface area (Å²) in [6.07, 6.45) is 3.13. The van der Waals surface area contributed by atoms with Crippen molar-refractivity contribution in [2.24, 2.45) is 5.10 Å². The molecule has 3 aromatic rings. The van der Waals surface area contributed by atoms with Crippen LogP contribution in [0.5, 0.6) is 0 Å². The summed E-state index contributed by atoms with van der Waals surface area (Å²) < 4.78 is 11.9. The highest BCUT2D eigenvalue weighted by Crippen LogP contribution is 2.30. The van der Waals surface area contributed by atoms with Crippen molar-refractivity contribution in [1.82, 2.24) is 0 Å². The zero-order chi connectivity index (χ0) is 23.5. The molecule has 8 heteroatoms. The van der Waals surface area contributed by atoms with Crippen molar-refractivity contribution in [3.63, 3.8) is 0 Å². The van der Waals surface area contributed by atoms with Gasteiger partial charge in [-0.05, 0) is 61.5 Å². The second-order valence-corrected chi connectivity index (χ2v) is 8.45. The minimum Gasteiger partial charge on any atom is -0.458 e. The molecular weight excluding hydrogens is 508 g/mol. The van der Waals surface area contributed by atoms with Crippen molar-refractivity contribution in [3.8, 4) is 11.3 Å². The van der Waals surface area contributed by atoms with E-state index in [0.29, 0.717) is 34.1 Å². The topological polar surface area (TPSA) is 72.1 Å².